The maximum atomic E-state index is 12.1. The second-order valence-corrected chi connectivity index (χ2v) is 5.22. The molecule has 7 heteroatoms. The third-order valence-corrected chi connectivity index (χ3v) is 2.38. The first kappa shape index (κ1) is 15.8. The van der Waals surface area contributed by atoms with Gasteiger partial charge < -0.3 is 20.4 Å². The molecule has 1 atom stereocenters. The van der Waals surface area contributed by atoms with Crippen molar-refractivity contribution < 1.29 is 24.3 Å². The molecule has 5 N–H and O–H groups in total. The van der Waals surface area contributed by atoms with Gasteiger partial charge in [0.05, 0.1) is 5.69 Å². The van der Waals surface area contributed by atoms with E-state index in [9.17, 15) is 14.7 Å². The minimum atomic E-state index is -1.36. The van der Waals surface area contributed by atoms with Crippen molar-refractivity contribution >= 4 is 17.6 Å². The predicted octanol–water partition coefficient (Wildman–Crippen LogP) is 0.817. The zero-order chi connectivity index (χ0) is 15.5. The van der Waals surface area contributed by atoms with E-state index in [-0.39, 0.29) is 17.0 Å². The molecule has 0 saturated heterocycles. The largest absolute Gasteiger partial charge is 0.506 e. The van der Waals surface area contributed by atoms with E-state index in [1.165, 1.54) is 18.2 Å². The van der Waals surface area contributed by atoms with Gasteiger partial charge in [0.15, 0.2) is 5.92 Å². The highest BCUT2D eigenvalue weighted by Gasteiger charge is 2.34. The number of carbonyl (C=O) groups is 2. The van der Waals surface area contributed by atoms with Crippen molar-refractivity contribution in [2.45, 2.75) is 32.3 Å². The topological polar surface area (TPSA) is 125 Å². The number of benzene rings is 1. The number of hydrogen-bond donors (Lipinski definition) is 3. The molecule has 0 aliphatic heterocycles. The van der Waals surface area contributed by atoms with Crippen LogP contribution in [-0.4, -0.2) is 22.6 Å². The fraction of sp³-hybridized carbons (Fsp3) is 0.385. The van der Waals surface area contributed by atoms with E-state index in [1.807, 2.05) is 0 Å². The molecule has 0 radical (unpaired) electrons. The third kappa shape index (κ3) is 3.86. The van der Waals surface area contributed by atoms with Gasteiger partial charge in [-0.25, -0.2) is 4.79 Å². The van der Waals surface area contributed by atoms with E-state index in [2.05, 4.69) is 4.84 Å². The normalized spacial score (nSPS) is 12.6. The summed E-state index contributed by atoms with van der Waals surface area (Å²) < 4.78 is 5.15. The predicted molar refractivity (Wildman–Crippen MR) is 71.4 cm³/mol. The van der Waals surface area contributed by atoms with E-state index < -0.39 is 23.5 Å². The van der Waals surface area contributed by atoms with Crippen molar-refractivity contribution in [2.75, 3.05) is 5.73 Å². The lowest BCUT2D eigenvalue weighted by Crippen LogP contribution is -2.33. The van der Waals surface area contributed by atoms with Crippen LogP contribution < -0.4 is 11.6 Å². The molecule has 0 saturated carbocycles. The van der Waals surface area contributed by atoms with Gasteiger partial charge >= 0.3 is 11.9 Å². The first-order valence-corrected chi connectivity index (χ1v) is 5.87. The smallest absolute Gasteiger partial charge is 0.343 e. The molecule has 0 bridgehead atoms. The fourth-order valence-corrected chi connectivity index (χ4v) is 1.55. The Labute approximate surface area is 116 Å². The van der Waals surface area contributed by atoms with Crippen LogP contribution in [0.1, 0.15) is 32.3 Å². The van der Waals surface area contributed by atoms with Crippen LogP contribution in [0.15, 0.2) is 18.2 Å². The summed E-state index contributed by atoms with van der Waals surface area (Å²) in [5.74, 6) is 1.55. The number of phenols is 1. The molecule has 0 heterocycles. The minimum absolute atomic E-state index is 0.0286. The number of nitrogen functional groups attached to an aromatic ring is 1. The second-order valence-electron chi connectivity index (χ2n) is 5.22. The standard InChI is InChI=1S/C13H18N2O5/c1-13(2,3)19-11(17)10(12(18)20-15)7-4-5-9(16)8(14)6-7/h4-6,10,16H,14-15H2,1-3H3/t10-/m1/s1. The summed E-state index contributed by atoms with van der Waals surface area (Å²) in [5.41, 5.74) is 5.03. The number of rotatable bonds is 3. The number of hydrogen-bond acceptors (Lipinski definition) is 7. The molecule has 7 nitrogen and oxygen atoms in total. The van der Waals surface area contributed by atoms with Crippen LogP contribution in [0, 0.1) is 0 Å². The third-order valence-electron chi connectivity index (χ3n) is 2.38. The van der Waals surface area contributed by atoms with Crippen molar-refractivity contribution in [3.63, 3.8) is 0 Å². The van der Waals surface area contributed by atoms with Gasteiger partial charge in [0, 0.05) is 0 Å². The average Bonchev–Trinajstić information content (AvgIpc) is 2.31. The highest BCUT2D eigenvalue weighted by Crippen LogP contribution is 2.28. The lowest BCUT2D eigenvalue weighted by molar-refractivity contribution is -0.164. The van der Waals surface area contributed by atoms with Gasteiger partial charge in [-0.1, -0.05) is 6.07 Å². The molecule has 1 rings (SSSR count). The Hall–Kier alpha value is -2.28. The molecule has 1 aromatic rings. The first-order chi connectivity index (χ1) is 9.15. The molecule has 20 heavy (non-hydrogen) atoms. The number of nitrogens with two attached hydrogens (primary N) is 2. The van der Waals surface area contributed by atoms with Gasteiger partial charge in [-0.2, -0.15) is 5.90 Å². The van der Waals surface area contributed by atoms with Gasteiger partial charge in [0.2, 0.25) is 0 Å². The molecule has 0 aliphatic carbocycles. The lowest BCUT2D eigenvalue weighted by Gasteiger charge is -2.23. The Bertz CT molecular complexity index is 522. The van der Waals surface area contributed by atoms with Crippen LogP contribution in [0.5, 0.6) is 5.75 Å². The summed E-state index contributed by atoms with van der Waals surface area (Å²) in [7, 11) is 0. The van der Waals surface area contributed by atoms with Crippen LogP contribution >= 0.6 is 0 Å². The van der Waals surface area contributed by atoms with Crippen molar-refractivity contribution in [2.24, 2.45) is 5.90 Å². The highest BCUT2D eigenvalue weighted by atomic mass is 16.7. The quantitative estimate of drug-likeness (QED) is 0.246. The molecule has 0 aliphatic rings. The zero-order valence-electron chi connectivity index (χ0n) is 11.5. The molecule has 0 fully saturated rings. The van der Waals surface area contributed by atoms with Gasteiger partial charge in [-0.3, -0.25) is 4.79 Å². The summed E-state index contributed by atoms with van der Waals surface area (Å²) in [5, 5.41) is 9.36. The molecule has 0 aromatic heterocycles. The fourth-order valence-electron chi connectivity index (χ4n) is 1.55. The Morgan fingerprint density at radius 1 is 1.25 bits per heavy atom. The van der Waals surface area contributed by atoms with Crippen LogP contribution in [-0.2, 0) is 19.2 Å². The Morgan fingerprint density at radius 3 is 2.30 bits per heavy atom. The van der Waals surface area contributed by atoms with E-state index in [0.717, 1.165) is 0 Å². The Balaban J connectivity index is 3.15. The number of ether oxygens (including phenoxy) is 1. The monoisotopic (exact) mass is 282 g/mol. The summed E-state index contributed by atoms with van der Waals surface area (Å²) in [4.78, 5) is 27.9. The molecular formula is C13H18N2O5. The highest BCUT2D eigenvalue weighted by molar-refractivity contribution is 6.01. The maximum absolute atomic E-state index is 12.1. The number of anilines is 1. The van der Waals surface area contributed by atoms with Crippen LogP contribution in [0.3, 0.4) is 0 Å². The minimum Gasteiger partial charge on any atom is -0.506 e. The molecule has 0 amide bonds. The Kier molecular flexibility index (Phi) is 4.57. The number of carbonyl (C=O) groups excluding carboxylic acids is 2. The second kappa shape index (κ2) is 5.79. The summed E-state index contributed by atoms with van der Waals surface area (Å²) in [6, 6.07) is 3.93. The van der Waals surface area contributed by atoms with Crippen LogP contribution in [0.25, 0.3) is 0 Å². The van der Waals surface area contributed by atoms with Crippen molar-refractivity contribution in [1.82, 2.24) is 0 Å². The van der Waals surface area contributed by atoms with Crippen molar-refractivity contribution in [3.05, 3.63) is 23.8 Å². The summed E-state index contributed by atoms with van der Waals surface area (Å²) >= 11 is 0. The summed E-state index contributed by atoms with van der Waals surface area (Å²) in [6.45, 7) is 5.00. The Morgan fingerprint density at radius 2 is 1.85 bits per heavy atom. The summed E-state index contributed by atoms with van der Waals surface area (Å²) in [6.07, 6.45) is 0. The van der Waals surface area contributed by atoms with Crippen molar-refractivity contribution in [3.8, 4) is 5.75 Å². The first-order valence-electron chi connectivity index (χ1n) is 5.87. The molecule has 0 unspecified atom stereocenters. The van der Waals surface area contributed by atoms with Gasteiger partial charge in [0.1, 0.15) is 11.4 Å². The molecule has 1 aromatic carbocycles. The van der Waals surface area contributed by atoms with E-state index >= 15 is 0 Å². The maximum Gasteiger partial charge on any atom is 0.343 e. The number of esters is 1. The lowest BCUT2D eigenvalue weighted by atomic mass is 9.98. The van der Waals surface area contributed by atoms with E-state index in [0.29, 0.717) is 0 Å². The van der Waals surface area contributed by atoms with Gasteiger partial charge in [0.25, 0.3) is 0 Å². The SMILES string of the molecule is CC(C)(C)OC(=O)[C@H](C(=O)ON)c1ccc(O)c(N)c1. The molecular weight excluding hydrogens is 264 g/mol. The number of aromatic hydroxyl groups is 1. The molecule has 0 spiro atoms. The van der Waals surface area contributed by atoms with Crippen molar-refractivity contribution in [1.29, 1.82) is 0 Å². The zero-order valence-corrected chi connectivity index (χ0v) is 11.5. The van der Waals surface area contributed by atoms with Gasteiger partial charge in [-0.05, 0) is 38.5 Å². The number of phenolic OH excluding ortho intramolecular Hbond substituents is 1. The molecule has 110 valence electrons. The van der Waals surface area contributed by atoms with Gasteiger partial charge in [-0.15, -0.1) is 0 Å². The van der Waals surface area contributed by atoms with Crippen LogP contribution in [0.4, 0.5) is 5.69 Å². The van der Waals surface area contributed by atoms with E-state index in [1.54, 1.807) is 20.8 Å². The van der Waals surface area contributed by atoms with E-state index in [4.69, 9.17) is 16.4 Å². The van der Waals surface area contributed by atoms with Crippen LogP contribution in [0.2, 0.25) is 0 Å². The average molecular weight is 282 g/mol.